The van der Waals surface area contributed by atoms with Gasteiger partial charge in [0, 0.05) is 30.8 Å². The van der Waals surface area contributed by atoms with E-state index in [0.717, 1.165) is 31.2 Å². The highest BCUT2D eigenvalue weighted by molar-refractivity contribution is 6.04. The number of amides is 1. The zero-order chi connectivity index (χ0) is 24.2. The van der Waals surface area contributed by atoms with E-state index in [0.29, 0.717) is 18.0 Å². The molecule has 0 spiro atoms. The molecule has 1 fully saturated rings. The van der Waals surface area contributed by atoms with Gasteiger partial charge in [0.25, 0.3) is 5.91 Å². The first-order valence-corrected chi connectivity index (χ1v) is 11.7. The number of hydrogen-bond donors (Lipinski definition) is 2. The van der Waals surface area contributed by atoms with E-state index in [1.54, 1.807) is 36.8 Å². The minimum atomic E-state index is -0.506. The van der Waals surface area contributed by atoms with Gasteiger partial charge in [0.15, 0.2) is 5.82 Å². The smallest absolute Gasteiger partial charge is 0.274 e. The lowest BCUT2D eigenvalue weighted by molar-refractivity contribution is 0.0260. The molecule has 4 aromatic heterocycles. The Hall–Kier alpha value is -3.92. The molecule has 0 saturated heterocycles. The molecule has 1 aliphatic carbocycles. The number of aromatic amines is 1. The van der Waals surface area contributed by atoms with Gasteiger partial charge in [-0.25, -0.2) is 9.37 Å². The van der Waals surface area contributed by atoms with Crippen molar-refractivity contribution in [3.8, 4) is 22.6 Å². The van der Waals surface area contributed by atoms with Gasteiger partial charge in [-0.2, -0.15) is 10.2 Å². The second-order valence-corrected chi connectivity index (χ2v) is 8.44. The molecule has 0 atom stereocenters. The number of hydrogen-bond acceptors (Lipinski definition) is 6. The maximum atomic E-state index is 14.7. The number of aromatic nitrogens is 6. The van der Waals surface area contributed by atoms with Gasteiger partial charge in [-0.05, 0) is 56.9 Å². The van der Waals surface area contributed by atoms with Crippen molar-refractivity contribution in [1.82, 2.24) is 29.9 Å². The second-order valence-electron chi connectivity index (χ2n) is 8.44. The van der Waals surface area contributed by atoms with Crippen molar-refractivity contribution in [3.05, 3.63) is 66.6 Å². The van der Waals surface area contributed by atoms with Gasteiger partial charge in [0.1, 0.15) is 17.1 Å². The third kappa shape index (κ3) is 4.97. The van der Waals surface area contributed by atoms with Crippen molar-refractivity contribution in [2.75, 3.05) is 11.9 Å². The summed E-state index contributed by atoms with van der Waals surface area (Å²) in [6, 6.07) is 8.16. The highest BCUT2D eigenvalue weighted by Crippen LogP contribution is 2.34. The molecule has 0 aromatic carbocycles. The van der Waals surface area contributed by atoms with Crippen LogP contribution in [0.1, 0.15) is 49.1 Å². The number of anilines is 1. The topological polar surface area (TPSA) is 111 Å². The van der Waals surface area contributed by atoms with E-state index in [1.807, 2.05) is 11.6 Å². The lowest BCUT2D eigenvalue weighted by Gasteiger charge is -2.28. The number of pyridine rings is 2. The summed E-state index contributed by atoms with van der Waals surface area (Å²) in [7, 11) is 0. The van der Waals surface area contributed by atoms with Crippen LogP contribution in [0.15, 0.2) is 55.1 Å². The fourth-order valence-electron chi connectivity index (χ4n) is 4.42. The SMILES string of the molecule is CCOC1CCC(n2cc(NC(=O)c3cccc(-c4cn[nH]c4)n3)c(-c3ncccc3F)n2)CC1. The Kier molecular flexibility index (Phi) is 6.62. The van der Waals surface area contributed by atoms with Crippen LogP contribution < -0.4 is 5.32 Å². The van der Waals surface area contributed by atoms with E-state index in [9.17, 15) is 9.18 Å². The first-order valence-electron chi connectivity index (χ1n) is 11.7. The molecule has 35 heavy (non-hydrogen) atoms. The van der Waals surface area contributed by atoms with Crippen LogP contribution in [-0.4, -0.2) is 48.6 Å². The quantitative estimate of drug-likeness (QED) is 0.403. The molecule has 5 rings (SSSR count). The van der Waals surface area contributed by atoms with E-state index in [1.165, 1.54) is 18.3 Å². The summed E-state index contributed by atoms with van der Waals surface area (Å²) in [5.41, 5.74) is 2.37. The third-order valence-electron chi connectivity index (χ3n) is 6.16. The van der Waals surface area contributed by atoms with E-state index >= 15 is 0 Å². The fraction of sp³-hybridized carbons (Fsp3) is 0.320. The summed E-state index contributed by atoms with van der Waals surface area (Å²) < 4.78 is 22.2. The Morgan fingerprint density at radius 2 is 2.06 bits per heavy atom. The van der Waals surface area contributed by atoms with Crippen molar-refractivity contribution < 1.29 is 13.9 Å². The number of nitrogens with one attached hydrogen (secondary N) is 2. The molecule has 0 aliphatic heterocycles. The number of ether oxygens (including phenoxy) is 1. The summed E-state index contributed by atoms with van der Waals surface area (Å²) in [5, 5.41) is 14.2. The Morgan fingerprint density at radius 1 is 1.20 bits per heavy atom. The number of carbonyl (C=O) groups is 1. The van der Waals surface area contributed by atoms with Gasteiger partial charge in [-0.15, -0.1) is 0 Å². The zero-order valence-corrected chi connectivity index (χ0v) is 19.3. The summed E-state index contributed by atoms with van der Waals surface area (Å²) in [4.78, 5) is 21.8. The Balaban J connectivity index is 1.43. The Labute approximate surface area is 201 Å². The molecule has 9 nitrogen and oxygen atoms in total. The summed E-state index contributed by atoms with van der Waals surface area (Å²) in [6.45, 7) is 2.70. The molecule has 10 heteroatoms. The first kappa shape index (κ1) is 22.9. The van der Waals surface area contributed by atoms with Crippen LogP contribution in [0.3, 0.4) is 0 Å². The lowest BCUT2D eigenvalue weighted by atomic mass is 9.93. The number of halogens is 1. The van der Waals surface area contributed by atoms with Crippen LogP contribution in [0.4, 0.5) is 10.1 Å². The third-order valence-corrected chi connectivity index (χ3v) is 6.16. The van der Waals surface area contributed by atoms with E-state index in [4.69, 9.17) is 4.74 Å². The van der Waals surface area contributed by atoms with Gasteiger partial charge >= 0.3 is 0 Å². The van der Waals surface area contributed by atoms with Gasteiger partial charge in [0.05, 0.1) is 29.7 Å². The van der Waals surface area contributed by atoms with Crippen molar-refractivity contribution >= 4 is 11.6 Å². The van der Waals surface area contributed by atoms with E-state index < -0.39 is 11.7 Å². The molecule has 0 unspecified atom stereocenters. The molecule has 180 valence electrons. The van der Waals surface area contributed by atoms with Crippen LogP contribution in [-0.2, 0) is 4.74 Å². The number of rotatable bonds is 7. The number of carbonyl (C=O) groups excluding carboxylic acids is 1. The highest BCUT2D eigenvalue weighted by Gasteiger charge is 2.26. The van der Waals surface area contributed by atoms with Gasteiger partial charge in [0.2, 0.25) is 0 Å². The summed E-state index contributed by atoms with van der Waals surface area (Å²) in [6.07, 6.45) is 10.5. The molecule has 2 N–H and O–H groups in total. The molecule has 4 heterocycles. The normalized spacial score (nSPS) is 17.9. The van der Waals surface area contributed by atoms with Crippen LogP contribution >= 0.6 is 0 Å². The number of H-pyrrole nitrogens is 1. The maximum absolute atomic E-state index is 14.7. The molecule has 0 bridgehead atoms. The summed E-state index contributed by atoms with van der Waals surface area (Å²) in [5.74, 6) is -0.930. The molecule has 1 aliphatic rings. The minimum absolute atomic E-state index is 0.0876. The maximum Gasteiger partial charge on any atom is 0.274 e. The average molecular weight is 476 g/mol. The van der Waals surface area contributed by atoms with E-state index in [-0.39, 0.29) is 29.2 Å². The fourth-order valence-corrected chi connectivity index (χ4v) is 4.42. The standard InChI is InChI=1S/C25H26FN7O2/c1-2-35-18-10-8-17(9-11-18)33-15-22(24(32-33)23-19(26)5-4-12-27-23)31-25(34)21-7-3-6-20(30-21)16-13-28-29-14-16/h3-7,12-15,17-18H,2,8-11H2,1H3,(H,28,29)(H,31,34). The zero-order valence-electron chi connectivity index (χ0n) is 19.3. The Bertz CT molecular complexity index is 1300. The molecule has 0 radical (unpaired) electrons. The second kappa shape index (κ2) is 10.1. The predicted molar refractivity (Wildman–Crippen MR) is 128 cm³/mol. The van der Waals surface area contributed by atoms with Gasteiger partial charge in [-0.3, -0.25) is 19.6 Å². The molecular weight excluding hydrogens is 449 g/mol. The van der Waals surface area contributed by atoms with E-state index in [2.05, 4.69) is 30.6 Å². The minimum Gasteiger partial charge on any atom is -0.379 e. The highest BCUT2D eigenvalue weighted by atomic mass is 19.1. The largest absolute Gasteiger partial charge is 0.379 e. The molecule has 4 aromatic rings. The lowest BCUT2D eigenvalue weighted by Crippen LogP contribution is -2.24. The monoisotopic (exact) mass is 475 g/mol. The molecular formula is C25H26FN7O2. The Morgan fingerprint density at radius 3 is 2.80 bits per heavy atom. The number of nitrogens with zero attached hydrogens (tertiary/aromatic N) is 5. The van der Waals surface area contributed by atoms with Crippen LogP contribution in [0.25, 0.3) is 22.6 Å². The van der Waals surface area contributed by atoms with Gasteiger partial charge < -0.3 is 10.1 Å². The van der Waals surface area contributed by atoms with Crippen LogP contribution in [0, 0.1) is 5.82 Å². The predicted octanol–water partition coefficient (Wildman–Crippen LogP) is 4.64. The van der Waals surface area contributed by atoms with Crippen molar-refractivity contribution in [2.45, 2.75) is 44.8 Å². The van der Waals surface area contributed by atoms with Crippen LogP contribution in [0.2, 0.25) is 0 Å². The molecule has 1 saturated carbocycles. The van der Waals surface area contributed by atoms with Crippen molar-refractivity contribution in [3.63, 3.8) is 0 Å². The first-order chi connectivity index (χ1) is 17.1. The van der Waals surface area contributed by atoms with Gasteiger partial charge in [-0.1, -0.05) is 6.07 Å². The van der Waals surface area contributed by atoms with Crippen molar-refractivity contribution in [2.24, 2.45) is 0 Å². The van der Waals surface area contributed by atoms with Crippen molar-refractivity contribution in [1.29, 1.82) is 0 Å². The average Bonchev–Trinajstić information content (AvgIpc) is 3.56. The summed E-state index contributed by atoms with van der Waals surface area (Å²) >= 11 is 0. The van der Waals surface area contributed by atoms with Crippen LogP contribution in [0.5, 0.6) is 0 Å². The molecule has 1 amide bonds.